The maximum atomic E-state index is 11.9. The molecule has 2 N–H and O–H groups in total. The molecule has 0 unspecified atom stereocenters. The number of aromatic nitrogens is 2. The first-order chi connectivity index (χ1) is 11.1. The van der Waals surface area contributed by atoms with Crippen LogP contribution in [0.2, 0.25) is 0 Å². The molecule has 0 saturated carbocycles. The van der Waals surface area contributed by atoms with E-state index in [0.717, 1.165) is 14.7 Å². The molecule has 5 nitrogen and oxygen atoms in total. The fourth-order valence-corrected chi connectivity index (χ4v) is 2.59. The van der Waals surface area contributed by atoms with Crippen LogP contribution in [-0.2, 0) is 0 Å². The minimum absolute atomic E-state index is 0.0468. The lowest BCUT2D eigenvalue weighted by Gasteiger charge is -2.08. The van der Waals surface area contributed by atoms with Gasteiger partial charge in [0, 0.05) is 14.7 Å². The van der Waals surface area contributed by atoms with E-state index >= 15 is 0 Å². The number of phenolic OH excluding ortho intramolecular Hbond substituents is 1. The van der Waals surface area contributed by atoms with E-state index in [1.165, 1.54) is 13.2 Å². The monoisotopic (exact) mass is 420 g/mol. The topological polar surface area (TPSA) is 75.2 Å². The molecule has 6 heteroatoms. The summed E-state index contributed by atoms with van der Waals surface area (Å²) >= 11 is 2.22. The quantitative estimate of drug-likeness (QED) is 0.637. The predicted molar refractivity (Wildman–Crippen MR) is 96.7 cm³/mol. The molecular weight excluding hydrogens is 407 g/mol. The van der Waals surface area contributed by atoms with Crippen LogP contribution in [0.3, 0.4) is 0 Å². The van der Waals surface area contributed by atoms with Crippen LogP contribution in [0.25, 0.3) is 22.5 Å². The van der Waals surface area contributed by atoms with Crippen LogP contribution in [0, 0.1) is 3.57 Å². The normalized spacial score (nSPS) is 10.5. The summed E-state index contributed by atoms with van der Waals surface area (Å²) in [4.78, 5) is 18.6. The number of nitrogens with zero attached hydrogens (tertiary/aromatic N) is 1. The average molecular weight is 420 g/mol. The van der Waals surface area contributed by atoms with Crippen molar-refractivity contribution in [3.8, 4) is 34.0 Å². The zero-order chi connectivity index (χ0) is 16.4. The van der Waals surface area contributed by atoms with Gasteiger partial charge in [-0.25, -0.2) is 4.79 Å². The number of aromatic amines is 1. The van der Waals surface area contributed by atoms with Crippen LogP contribution >= 0.6 is 22.6 Å². The molecule has 1 heterocycles. The van der Waals surface area contributed by atoms with E-state index in [1.807, 2.05) is 24.3 Å². The maximum Gasteiger partial charge on any atom is 0.345 e. The highest BCUT2D eigenvalue weighted by atomic mass is 127. The first-order valence-electron chi connectivity index (χ1n) is 6.81. The van der Waals surface area contributed by atoms with Crippen LogP contribution < -0.4 is 10.4 Å². The fraction of sp³-hybridized carbons (Fsp3) is 0.0588. The van der Waals surface area contributed by atoms with E-state index < -0.39 is 5.69 Å². The van der Waals surface area contributed by atoms with E-state index in [1.54, 1.807) is 18.2 Å². The molecule has 0 aliphatic heterocycles. The summed E-state index contributed by atoms with van der Waals surface area (Å²) in [6, 6.07) is 14.5. The minimum atomic E-state index is -0.428. The number of hydrogen-bond acceptors (Lipinski definition) is 4. The highest BCUT2D eigenvalue weighted by molar-refractivity contribution is 14.1. The van der Waals surface area contributed by atoms with Crippen molar-refractivity contribution in [1.29, 1.82) is 0 Å². The van der Waals surface area contributed by atoms with Gasteiger partial charge in [0.25, 0.3) is 0 Å². The molecule has 1 aromatic heterocycles. The summed E-state index contributed by atoms with van der Waals surface area (Å²) in [6.45, 7) is 0. The van der Waals surface area contributed by atoms with Gasteiger partial charge in [-0.15, -0.1) is 0 Å². The Hall–Kier alpha value is -2.35. The Balaban J connectivity index is 2.11. The average Bonchev–Trinajstić information content (AvgIpc) is 2.55. The fourth-order valence-electron chi connectivity index (χ4n) is 2.23. The van der Waals surface area contributed by atoms with Gasteiger partial charge in [0.05, 0.1) is 18.5 Å². The summed E-state index contributed by atoms with van der Waals surface area (Å²) in [7, 11) is 1.48. The number of phenols is 1. The molecule has 3 aromatic rings. The molecule has 0 radical (unpaired) electrons. The SMILES string of the molecule is COc1cc(-c2cc(-c3ccc(I)cc3)nc(=O)[nH]2)ccc1O. The van der Waals surface area contributed by atoms with Crippen molar-refractivity contribution in [1.82, 2.24) is 9.97 Å². The van der Waals surface area contributed by atoms with Crippen LogP contribution in [-0.4, -0.2) is 22.2 Å². The third-order valence-corrected chi connectivity index (χ3v) is 4.09. The predicted octanol–water partition coefficient (Wildman–Crippen LogP) is 3.42. The van der Waals surface area contributed by atoms with Gasteiger partial charge in [0.15, 0.2) is 11.5 Å². The molecular formula is C17H13IN2O3. The molecule has 116 valence electrons. The highest BCUT2D eigenvalue weighted by Crippen LogP contribution is 2.31. The van der Waals surface area contributed by atoms with Gasteiger partial charge in [-0.1, -0.05) is 12.1 Å². The number of nitrogens with one attached hydrogen (secondary N) is 1. The van der Waals surface area contributed by atoms with Crippen molar-refractivity contribution < 1.29 is 9.84 Å². The van der Waals surface area contributed by atoms with Crippen molar-refractivity contribution in [2.45, 2.75) is 0 Å². The van der Waals surface area contributed by atoms with Crippen molar-refractivity contribution in [2.24, 2.45) is 0 Å². The molecule has 3 rings (SSSR count). The lowest BCUT2D eigenvalue weighted by Crippen LogP contribution is -2.11. The number of H-pyrrole nitrogens is 1. The highest BCUT2D eigenvalue weighted by Gasteiger charge is 2.09. The molecule has 0 aliphatic carbocycles. The zero-order valence-corrected chi connectivity index (χ0v) is 14.4. The Morgan fingerprint density at radius 3 is 2.48 bits per heavy atom. The molecule has 0 atom stereocenters. The number of aromatic hydroxyl groups is 1. The summed E-state index contributed by atoms with van der Waals surface area (Å²) in [5.41, 5.74) is 2.36. The smallest absolute Gasteiger partial charge is 0.345 e. The van der Waals surface area contributed by atoms with Crippen molar-refractivity contribution >= 4 is 22.6 Å². The van der Waals surface area contributed by atoms with Crippen LogP contribution in [0.4, 0.5) is 0 Å². The van der Waals surface area contributed by atoms with Gasteiger partial charge in [0.2, 0.25) is 0 Å². The van der Waals surface area contributed by atoms with Crippen molar-refractivity contribution in [3.05, 3.63) is 62.6 Å². The van der Waals surface area contributed by atoms with E-state index in [9.17, 15) is 9.90 Å². The first kappa shape index (κ1) is 15.5. The summed E-state index contributed by atoms with van der Waals surface area (Å²) in [5, 5.41) is 9.69. The Bertz CT molecular complexity index is 904. The van der Waals surface area contributed by atoms with Crippen molar-refractivity contribution in [2.75, 3.05) is 7.11 Å². The van der Waals surface area contributed by atoms with Crippen LogP contribution in [0.1, 0.15) is 0 Å². The molecule has 0 bridgehead atoms. The number of methoxy groups -OCH3 is 1. The van der Waals surface area contributed by atoms with E-state index in [0.29, 0.717) is 17.1 Å². The molecule has 0 saturated heterocycles. The summed E-state index contributed by atoms with van der Waals surface area (Å²) in [5.74, 6) is 0.390. The maximum absolute atomic E-state index is 11.9. The Morgan fingerprint density at radius 1 is 1.09 bits per heavy atom. The van der Waals surface area contributed by atoms with E-state index in [2.05, 4.69) is 32.6 Å². The number of halogens is 1. The van der Waals surface area contributed by atoms with E-state index in [-0.39, 0.29) is 5.75 Å². The van der Waals surface area contributed by atoms with Gasteiger partial charge < -0.3 is 14.8 Å². The van der Waals surface area contributed by atoms with Gasteiger partial charge in [-0.05, 0) is 59.0 Å². The third kappa shape index (κ3) is 3.37. The molecule has 0 aliphatic rings. The van der Waals surface area contributed by atoms with Gasteiger partial charge in [0.1, 0.15) is 0 Å². The summed E-state index contributed by atoms with van der Waals surface area (Å²) in [6.07, 6.45) is 0. The second-order valence-electron chi connectivity index (χ2n) is 4.88. The summed E-state index contributed by atoms with van der Waals surface area (Å²) < 4.78 is 6.22. The zero-order valence-electron chi connectivity index (χ0n) is 12.2. The molecule has 2 aromatic carbocycles. The Morgan fingerprint density at radius 2 is 1.78 bits per heavy atom. The third-order valence-electron chi connectivity index (χ3n) is 3.38. The number of rotatable bonds is 3. The van der Waals surface area contributed by atoms with Gasteiger partial charge in [-0.3, -0.25) is 0 Å². The lowest BCUT2D eigenvalue weighted by molar-refractivity contribution is 0.373. The number of benzene rings is 2. The largest absolute Gasteiger partial charge is 0.504 e. The van der Waals surface area contributed by atoms with Crippen molar-refractivity contribution in [3.63, 3.8) is 0 Å². The standard InChI is InChI=1S/C17H13IN2O3/c1-23-16-8-11(4-7-15(16)21)14-9-13(19-17(22)20-14)10-2-5-12(18)6-3-10/h2-9,21H,1H3,(H,19,20,22). The molecule has 0 fully saturated rings. The van der Waals surface area contributed by atoms with E-state index in [4.69, 9.17) is 4.74 Å². The number of ether oxygens (including phenoxy) is 1. The first-order valence-corrected chi connectivity index (χ1v) is 7.89. The van der Waals surface area contributed by atoms with Gasteiger partial charge in [-0.2, -0.15) is 4.98 Å². The van der Waals surface area contributed by atoms with Gasteiger partial charge >= 0.3 is 5.69 Å². The second kappa shape index (κ2) is 6.41. The second-order valence-corrected chi connectivity index (χ2v) is 6.12. The van der Waals surface area contributed by atoms with Crippen LogP contribution in [0.15, 0.2) is 53.3 Å². The molecule has 0 spiro atoms. The minimum Gasteiger partial charge on any atom is -0.504 e. The van der Waals surface area contributed by atoms with Crippen LogP contribution in [0.5, 0.6) is 11.5 Å². The Kier molecular flexibility index (Phi) is 4.33. The Labute approximate surface area is 146 Å². The lowest BCUT2D eigenvalue weighted by atomic mass is 10.1. The molecule has 0 amide bonds. The number of hydrogen-bond donors (Lipinski definition) is 2. The molecule has 23 heavy (non-hydrogen) atoms.